The summed E-state index contributed by atoms with van der Waals surface area (Å²) in [5.74, 6) is -3.09. The van der Waals surface area contributed by atoms with Crippen LogP contribution >= 0.6 is 0 Å². The molecule has 0 amide bonds. The lowest BCUT2D eigenvalue weighted by Crippen LogP contribution is -2.24. The van der Waals surface area contributed by atoms with Crippen molar-refractivity contribution < 1.29 is 76.5 Å². The highest BCUT2D eigenvalue weighted by atomic mass is 16.5. The summed E-state index contributed by atoms with van der Waals surface area (Å²) in [5, 5.41) is 12.6. The second-order valence-electron chi connectivity index (χ2n) is 25.1. The van der Waals surface area contributed by atoms with E-state index in [2.05, 4.69) is 54.2 Å². The smallest absolute Gasteiger partial charge is 0.333 e. The van der Waals surface area contributed by atoms with Crippen molar-refractivity contribution in [3.05, 3.63) is 314 Å². The molecule has 106 heavy (non-hydrogen) atoms. The van der Waals surface area contributed by atoms with Crippen LogP contribution in [0.3, 0.4) is 0 Å². The van der Waals surface area contributed by atoms with Gasteiger partial charge in [0.15, 0.2) is 46.3 Å². The zero-order valence-corrected chi connectivity index (χ0v) is 59.4. The van der Waals surface area contributed by atoms with E-state index in [1.807, 2.05) is 13.0 Å². The molecule has 0 spiro atoms. The Hall–Kier alpha value is -13.1. The molecule has 20 nitrogen and oxygen atoms in total. The van der Waals surface area contributed by atoms with Crippen LogP contribution in [0, 0.1) is 0 Å². The van der Waals surface area contributed by atoms with Crippen LogP contribution in [0.5, 0.6) is 0 Å². The van der Waals surface area contributed by atoms with E-state index < -0.39 is 23.9 Å². The molecule has 0 heterocycles. The van der Waals surface area contributed by atoms with Crippen molar-refractivity contribution in [1.29, 1.82) is 0 Å². The summed E-state index contributed by atoms with van der Waals surface area (Å²) in [7, 11) is 0. The lowest BCUT2D eigenvalue weighted by molar-refractivity contribution is -0.139. The number of benzene rings is 8. The molecule has 20 heteroatoms. The highest BCUT2D eigenvalue weighted by Crippen LogP contribution is 2.38. The normalized spacial score (nSPS) is 12.2. The molecule has 0 aromatic heterocycles. The third-order valence-corrected chi connectivity index (χ3v) is 17.0. The molecule has 0 saturated heterocycles. The Balaban J connectivity index is 0.000000167. The van der Waals surface area contributed by atoms with Crippen LogP contribution < -0.4 is 21.3 Å². The van der Waals surface area contributed by atoms with Crippen molar-refractivity contribution in [1.82, 2.24) is 0 Å². The Kier molecular flexibility index (Phi) is 25.6. The number of fused-ring (bicyclic) bond motifs is 8. The molecule has 4 aliphatic rings. The first kappa shape index (κ1) is 77.1. The van der Waals surface area contributed by atoms with Crippen molar-refractivity contribution >= 4 is 98.5 Å². The van der Waals surface area contributed by atoms with Crippen LogP contribution in [0.15, 0.2) is 219 Å². The van der Waals surface area contributed by atoms with Crippen molar-refractivity contribution in [2.45, 2.75) is 53.9 Å². The van der Waals surface area contributed by atoms with Gasteiger partial charge in [-0.25, -0.2) is 19.2 Å². The van der Waals surface area contributed by atoms with Crippen LogP contribution in [0.1, 0.15) is 187 Å². The third kappa shape index (κ3) is 17.5. The average molecular weight is 1420 g/mol. The lowest BCUT2D eigenvalue weighted by Gasteiger charge is -2.23. The first-order valence-electron chi connectivity index (χ1n) is 34.1. The molecule has 0 saturated carbocycles. The van der Waals surface area contributed by atoms with E-state index in [-0.39, 0.29) is 72.7 Å². The molecule has 0 fully saturated rings. The Morgan fingerprint density at radius 3 is 0.783 bits per heavy atom. The lowest BCUT2D eigenvalue weighted by atomic mass is 9.81. The first-order chi connectivity index (χ1) is 50.8. The highest BCUT2D eigenvalue weighted by Gasteiger charge is 2.36. The number of hydrogen-bond donors (Lipinski definition) is 4. The van der Waals surface area contributed by atoms with E-state index in [9.17, 15) is 57.5 Å². The van der Waals surface area contributed by atoms with Crippen LogP contribution in [0.4, 0.5) is 22.7 Å². The maximum Gasteiger partial charge on any atom is 0.333 e. The van der Waals surface area contributed by atoms with Gasteiger partial charge in [0.1, 0.15) is 6.61 Å². The summed E-state index contributed by atoms with van der Waals surface area (Å²) in [5.41, 5.74) is 11.6. The number of allylic oxidation sites excluding steroid dienone is 1. The quantitative estimate of drug-likeness (QED) is 0.0189. The molecular formula is C86H78N4O16. The molecule has 8 aromatic rings. The summed E-state index contributed by atoms with van der Waals surface area (Å²) in [6.07, 6.45) is 1.61. The van der Waals surface area contributed by atoms with E-state index in [4.69, 9.17) is 18.9 Å². The van der Waals surface area contributed by atoms with Gasteiger partial charge in [-0.1, -0.05) is 178 Å². The van der Waals surface area contributed by atoms with Gasteiger partial charge in [-0.05, 0) is 83.7 Å². The number of anilines is 4. The molecule has 12 rings (SSSR count). The van der Waals surface area contributed by atoms with Crippen molar-refractivity contribution in [2.24, 2.45) is 0 Å². The van der Waals surface area contributed by atoms with Crippen LogP contribution in [0.2, 0.25) is 0 Å². The Labute approximate surface area is 613 Å². The fourth-order valence-corrected chi connectivity index (χ4v) is 11.8. The van der Waals surface area contributed by atoms with Gasteiger partial charge in [0.05, 0.1) is 42.1 Å². The molecule has 0 radical (unpaired) electrons. The van der Waals surface area contributed by atoms with Crippen molar-refractivity contribution in [2.75, 3.05) is 73.9 Å². The Morgan fingerprint density at radius 1 is 0.264 bits per heavy atom. The van der Waals surface area contributed by atoms with Crippen LogP contribution in [-0.4, -0.2) is 123 Å². The van der Waals surface area contributed by atoms with Gasteiger partial charge in [0, 0.05) is 138 Å². The Morgan fingerprint density at radius 2 is 0.491 bits per heavy atom. The molecule has 538 valence electrons. The minimum atomic E-state index is -0.461. The summed E-state index contributed by atoms with van der Waals surface area (Å²) in [6, 6.07) is 46.5. The highest BCUT2D eigenvalue weighted by molar-refractivity contribution is 6.33. The van der Waals surface area contributed by atoms with Gasteiger partial charge >= 0.3 is 23.9 Å². The predicted molar refractivity (Wildman–Crippen MR) is 405 cm³/mol. The van der Waals surface area contributed by atoms with Crippen LogP contribution in [-0.2, 0) is 38.1 Å². The number of ether oxygens (including phenoxy) is 4. The van der Waals surface area contributed by atoms with Gasteiger partial charge < -0.3 is 40.2 Å². The molecule has 0 unspecified atom stereocenters. The predicted octanol–water partition coefficient (Wildman–Crippen LogP) is 14.2. The molecule has 0 bridgehead atoms. The fourth-order valence-electron chi connectivity index (χ4n) is 11.8. The molecule has 0 atom stereocenters. The van der Waals surface area contributed by atoms with Gasteiger partial charge in [-0.15, -0.1) is 0 Å². The van der Waals surface area contributed by atoms with Crippen molar-refractivity contribution in [3.8, 4) is 0 Å². The Bertz CT molecular complexity index is 4920. The van der Waals surface area contributed by atoms with Crippen molar-refractivity contribution in [3.63, 3.8) is 0 Å². The van der Waals surface area contributed by atoms with E-state index in [0.29, 0.717) is 179 Å². The summed E-state index contributed by atoms with van der Waals surface area (Å²) >= 11 is 0. The number of carbonyl (C=O) groups excluding carboxylic acids is 12. The SMILES string of the molecule is C=C(C)C(=O)OCCCNc1cccc2c1C(=O)c1c(NCCCOC(=O)C(=C)C)cccc1C2=O.C=C(C)C(=O)OCCCNc1cccc2c1C(=O)c1ccccc1C2=O.C=C(C)C(=O)OCCNc1cccc2c1C(=O)c1ccccc1C2=O.C=C(C)c1cccc2c1C(=O)c1ccccc1C2=O. The van der Waals surface area contributed by atoms with Gasteiger partial charge in [0.2, 0.25) is 0 Å². The zero-order valence-electron chi connectivity index (χ0n) is 59.4. The van der Waals surface area contributed by atoms with Gasteiger partial charge in [-0.2, -0.15) is 0 Å². The maximum absolute atomic E-state index is 13.6. The minimum Gasteiger partial charge on any atom is -0.462 e. The van der Waals surface area contributed by atoms with Gasteiger partial charge in [-0.3, -0.25) is 38.4 Å². The first-order valence-corrected chi connectivity index (χ1v) is 34.1. The minimum absolute atomic E-state index is 0.0895. The number of carbonyl (C=O) groups is 12. The summed E-state index contributed by atoms with van der Waals surface area (Å²) in [6.45, 7) is 28.7. The number of esters is 4. The largest absolute Gasteiger partial charge is 0.462 e. The number of hydrogen-bond acceptors (Lipinski definition) is 20. The number of nitrogens with one attached hydrogen (secondary N) is 4. The van der Waals surface area contributed by atoms with E-state index in [1.54, 1.807) is 185 Å². The van der Waals surface area contributed by atoms with E-state index in [1.165, 1.54) is 0 Å². The second-order valence-corrected chi connectivity index (χ2v) is 25.1. The van der Waals surface area contributed by atoms with Crippen LogP contribution in [0.25, 0.3) is 5.57 Å². The molecular weight excluding hydrogens is 1340 g/mol. The molecule has 8 aromatic carbocycles. The fraction of sp³-hybridized carbons (Fsp3) is 0.186. The average Bonchev–Trinajstić information content (AvgIpc) is 0.771. The van der Waals surface area contributed by atoms with E-state index >= 15 is 0 Å². The summed E-state index contributed by atoms with van der Waals surface area (Å²) < 4.78 is 20.2. The molecule has 4 N–H and O–H groups in total. The molecule has 0 aliphatic heterocycles. The standard InChI is InChI=1S/C28H30N2O6.C21H19NO4.C20H17NO4.C17H12O2/c1-17(2)27(33)35-15-7-13-29-21-11-5-9-19-23(21)26(32)24-20(25(19)31)10-6-12-22(24)30-14-8-16-36-28(34)18(3)4;1-13(2)21(25)26-12-6-11-22-17-10-5-9-16-18(17)20(24)15-8-4-3-7-14(15)19(16)23;1-12(2)20(24)25-11-10-21-16-9-5-8-15-17(16)19(23)14-7-4-3-6-13(14)18(15)22;1-10(2)11-8-5-9-14-15(11)17(19)13-7-4-3-6-12(13)16(14)18/h5-6,9-12,29-30H,1,3,7-8,13-16H2,2,4H3;3-5,7-10,22H,1,6,11-12H2,2H3;3-9,21H,1,10-11H2,2H3;3-9H,1H2,2H3. The maximum atomic E-state index is 13.6. The number of ketones is 8. The number of rotatable bonds is 24. The topological polar surface area (TPSA) is 290 Å². The second kappa shape index (κ2) is 35.2. The molecule has 4 aliphatic carbocycles. The summed E-state index contributed by atoms with van der Waals surface area (Å²) in [4.78, 5) is 149. The van der Waals surface area contributed by atoms with Gasteiger partial charge in [0.25, 0.3) is 0 Å². The monoisotopic (exact) mass is 1420 g/mol. The zero-order chi connectivity index (χ0) is 76.5. The third-order valence-electron chi connectivity index (χ3n) is 17.0. The van der Waals surface area contributed by atoms with E-state index in [0.717, 1.165) is 11.1 Å².